The summed E-state index contributed by atoms with van der Waals surface area (Å²) in [5.74, 6) is -0.817. The molecule has 2 aromatic carbocycles. The predicted octanol–water partition coefficient (Wildman–Crippen LogP) is 1.17. The molecule has 0 aliphatic heterocycles. The average Bonchev–Trinajstić information content (AvgIpc) is 3.16. The molecule has 0 saturated carbocycles. The lowest BCUT2D eigenvalue weighted by atomic mass is 10.1. The Kier molecular flexibility index (Phi) is 7.11. The van der Waals surface area contributed by atoms with Crippen LogP contribution in [0.2, 0.25) is 0 Å². The number of likely N-dealkylation sites (N-methyl/N-ethyl adjacent to an activating group) is 1. The summed E-state index contributed by atoms with van der Waals surface area (Å²) < 4.78 is 31.7. The van der Waals surface area contributed by atoms with Gasteiger partial charge in [0.25, 0.3) is 0 Å². The van der Waals surface area contributed by atoms with Crippen molar-refractivity contribution in [1.29, 1.82) is 0 Å². The van der Waals surface area contributed by atoms with Crippen LogP contribution in [0.1, 0.15) is 24.1 Å². The fraction of sp³-hybridized carbons (Fsp3) is 0.286. The normalized spacial score (nSPS) is 12.4. The molecule has 3 aromatic rings. The standard InChI is InChI=1S/C21H25N5O5S/c1-3-32(29,30)25-19(15-7-5-4-6-8-15)21(28)26(2)13-18(27)23-12-14-9-10-16-17(11-14)31-24-20(16)22/h4-11,19,25H,3,12-13H2,1-2H3,(H2,22,24)(H,23,27)/t19-/m1/s1. The van der Waals surface area contributed by atoms with E-state index in [0.717, 1.165) is 5.56 Å². The number of benzene rings is 2. The number of nitrogens with one attached hydrogen (secondary N) is 2. The molecular weight excluding hydrogens is 434 g/mol. The van der Waals surface area contributed by atoms with Crippen molar-refractivity contribution in [3.05, 3.63) is 59.7 Å². The van der Waals surface area contributed by atoms with Crippen LogP contribution in [-0.4, -0.2) is 49.6 Å². The van der Waals surface area contributed by atoms with Gasteiger partial charge in [0.1, 0.15) is 6.04 Å². The zero-order valence-electron chi connectivity index (χ0n) is 17.7. The Balaban J connectivity index is 1.64. The van der Waals surface area contributed by atoms with E-state index in [2.05, 4.69) is 15.2 Å². The first-order valence-corrected chi connectivity index (χ1v) is 11.6. The van der Waals surface area contributed by atoms with Crippen LogP contribution in [0.5, 0.6) is 0 Å². The van der Waals surface area contributed by atoms with Gasteiger partial charge in [-0.15, -0.1) is 0 Å². The molecule has 4 N–H and O–H groups in total. The van der Waals surface area contributed by atoms with Crippen LogP contribution in [0.25, 0.3) is 11.0 Å². The largest absolute Gasteiger partial charge is 0.380 e. The van der Waals surface area contributed by atoms with Crippen LogP contribution in [-0.2, 0) is 26.2 Å². The quantitative estimate of drug-likeness (QED) is 0.435. The number of hydrogen-bond donors (Lipinski definition) is 3. The molecule has 11 heteroatoms. The van der Waals surface area contributed by atoms with E-state index in [1.165, 1.54) is 18.9 Å². The maximum atomic E-state index is 13.0. The van der Waals surface area contributed by atoms with Crippen molar-refractivity contribution in [2.45, 2.75) is 19.5 Å². The van der Waals surface area contributed by atoms with Crippen molar-refractivity contribution in [3.8, 4) is 0 Å². The number of fused-ring (bicyclic) bond motifs is 1. The molecule has 0 saturated heterocycles. The minimum absolute atomic E-state index is 0.172. The molecule has 2 amide bonds. The van der Waals surface area contributed by atoms with Gasteiger partial charge >= 0.3 is 0 Å². The second kappa shape index (κ2) is 9.79. The van der Waals surface area contributed by atoms with Crippen molar-refractivity contribution in [1.82, 2.24) is 20.1 Å². The van der Waals surface area contributed by atoms with E-state index in [9.17, 15) is 18.0 Å². The van der Waals surface area contributed by atoms with Gasteiger partial charge in [-0.25, -0.2) is 8.42 Å². The second-order valence-corrected chi connectivity index (χ2v) is 9.28. The lowest BCUT2D eigenvalue weighted by Crippen LogP contribution is -2.45. The molecule has 1 atom stereocenters. The van der Waals surface area contributed by atoms with Gasteiger partial charge in [0.15, 0.2) is 11.4 Å². The van der Waals surface area contributed by atoms with Crippen LogP contribution < -0.4 is 15.8 Å². The van der Waals surface area contributed by atoms with Crippen LogP contribution in [0.4, 0.5) is 5.82 Å². The van der Waals surface area contributed by atoms with E-state index in [1.807, 2.05) is 0 Å². The second-order valence-electron chi connectivity index (χ2n) is 7.23. The fourth-order valence-electron chi connectivity index (χ4n) is 3.05. The molecule has 0 aliphatic carbocycles. The molecule has 0 aliphatic rings. The van der Waals surface area contributed by atoms with Gasteiger partial charge in [-0.05, 0) is 30.2 Å². The highest BCUT2D eigenvalue weighted by Gasteiger charge is 2.28. The maximum absolute atomic E-state index is 13.0. The van der Waals surface area contributed by atoms with Crippen LogP contribution in [0, 0.1) is 0 Å². The number of carbonyl (C=O) groups excluding carboxylic acids is 2. The van der Waals surface area contributed by atoms with E-state index >= 15 is 0 Å². The zero-order valence-corrected chi connectivity index (χ0v) is 18.6. The number of aromatic nitrogens is 1. The molecule has 0 spiro atoms. The van der Waals surface area contributed by atoms with Gasteiger partial charge < -0.3 is 20.5 Å². The molecule has 3 rings (SSSR count). The third-order valence-electron chi connectivity index (χ3n) is 4.87. The summed E-state index contributed by atoms with van der Waals surface area (Å²) in [4.78, 5) is 26.6. The van der Waals surface area contributed by atoms with Crippen LogP contribution in [0.3, 0.4) is 0 Å². The smallest absolute Gasteiger partial charge is 0.245 e. The van der Waals surface area contributed by atoms with Gasteiger partial charge in [-0.2, -0.15) is 4.72 Å². The first-order valence-electron chi connectivity index (χ1n) is 9.90. The number of sulfonamides is 1. The Hall–Kier alpha value is -3.44. The Labute approximate surface area is 185 Å². The van der Waals surface area contributed by atoms with Gasteiger partial charge in [-0.3, -0.25) is 9.59 Å². The summed E-state index contributed by atoms with van der Waals surface area (Å²) in [6.45, 7) is 1.45. The van der Waals surface area contributed by atoms with E-state index in [0.29, 0.717) is 22.4 Å². The van der Waals surface area contributed by atoms with Gasteiger partial charge in [0.05, 0.1) is 17.7 Å². The molecule has 0 unspecified atom stereocenters. The number of hydrogen-bond acceptors (Lipinski definition) is 7. The zero-order chi connectivity index (χ0) is 23.3. The van der Waals surface area contributed by atoms with Gasteiger partial charge in [0, 0.05) is 13.6 Å². The van der Waals surface area contributed by atoms with Crippen LogP contribution in [0.15, 0.2) is 53.1 Å². The minimum atomic E-state index is -3.66. The van der Waals surface area contributed by atoms with Crippen molar-refractivity contribution < 1.29 is 22.5 Å². The Bertz CT molecular complexity index is 1210. The van der Waals surface area contributed by atoms with Gasteiger partial charge in [-0.1, -0.05) is 41.6 Å². The number of nitrogens with zero attached hydrogens (tertiary/aromatic N) is 2. The summed E-state index contributed by atoms with van der Waals surface area (Å²) in [5.41, 5.74) is 7.46. The molecule has 170 valence electrons. The summed E-state index contributed by atoms with van der Waals surface area (Å²) >= 11 is 0. The molecule has 0 bridgehead atoms. The number of carbonyl (C=O) groups is 2. The monoisotopic (exact) mass is 459 g/mol. The van der Waals surface area contributed by atoms with Crippen molar-refractivity contribution in [2.75, 3.05) is 25.1 Å². The predicted molar refractivity (Wildman–Crippen MR) is 120 cm³/mol. The summed E-state index contributed by atoms with van der Waals surface area (Å²) in [7, 11) is -2.21. The van der Waals surface area contributed by atoms with E-state index in [1.54, 1.807) is 48.5 Å². The average molecular weight is 460 g/mol. The topological polar surface area (TPSA) is 148 Å². The fourth-order valence-corrected chi connectivity index (χ4v) is 3.81. The van der Waals surface area contributed by atoms with Gasteiger partial charge in [0.2, 0.25) is 21.8 Å². The Morgan fingerprint density at radius 1 is 1.19 bits per heavy atom. The number of amides is 2. The Morgan fingerprint density at radius 3 is 2.59 bits per heavy atom. The summed E-state index contributed by atoms with van der Waals surface area (Å²) in [6.07, 6.45) is 0. The molecular formula is C21H25N5O5S. The minimum Gasteiger partial charge on any atom is -0.380 e. The number of rotatable bonds is 9. The lowest BCUT2D eigenvalue weighted by Gasteiger charge is -2.24. The van der Waals surface area contributed by atoms with Crippen molar-refractivity contribution in [2.24, 2.45) is 0 Å². The van der Waals surface area contributed by atoms with E-state index in [-0.39, 0.29) is 18.8 Å². The molecule has 10 nitrogen and oxygen atoms in total. The first kappa shape index (κ1) is 23.2. The third kappa shape index (κ3) is 5.62. The number of nitrogen functional groups attached to an aromatic ring is 1. The SMILES string of the molecule is CCS(=O)(=O)N[C@@H](C(=O)N(C)CC(=O)NCc1ccc2c(N)noc2c1)c1ccccc1. The highest BCUT2D eigenvalue weighted by atomic mass is 32.2. The highest BCUT2D eigenvalue weighted by Crippen LogP contribution is 2.21. The molecule has 1 heterocycles. The first-order chi connectivity index (χ1) is 15.2. The lowest BCUT2D eigenvalue weighted by molar-refractivity contribution is -0.136. The third-order valence-corrected chi connectivity index (χ3v) is 6.22. The number of anilines is 1. The molecule has 32 heavy (non-hydrogen) atoms. The van der Waals surface area contributed by atoms with Crippen LogP contribution >= 0.6 is 0 Å². The Morgan fingerprint density at radius 2 is 1.91 bits per heavy atom. The van der Waals surface area contributed by atoms with E-state index in [4.69, 9.17) is 10.3 Å². The van der Waals surface area contributed by atoms with Crippen molar-refractivity contribution >= 4 is 38.6 Å². The summed E-state index contributed by atoms with van der Waals surface area (Å²) in [6, 6.07) is 12.6. The molecule has 1 aromatic heterocycles. The highest BCUT2D eigenvalue weighted by molar-refractivity contribution is 7.89. The maximum Gasteiger partial charge on any atom is 0.245 e. The van der Waals surface area contributed by atoms with Crippen molar-refractivity contribution in [3.63, 3.8) is 0 Å². The molecule has 0 radical (unpaired) electrons. The molecule has 0 fully saturated rings. The number of nitrogens with two attached hydrogens (primary N) is 1. The van der Waals surface area contributed by atoms with E-state index < -0.39 is 27.9 Å². The summed E-state index contributed by atoms with van der Waals surface area (Å²) in [5, 5.41) is 7.10.